The number of carbonyl (C=O) groups is 6. The van der Waals surface area contributed by atoms with E-state index in [1.54, 1.807) is 60.7 Å². The fourth-order valence-corrected chi connectivity index (χ4v) is 7.05. The second kappa shape index (κ2) is 23.2. The number of alkyl halides is 2. The van der Waals surface area contributed by atoms with Gasteiger partial charge in [0.1, 0.15) is 0 Å². The summed E-state index contributed by atoms with van der Waals surface area (Å²) in [5.41, 5.74) is 5.23. The highest BCUT2D eigenvalue weighted by molar-refractivity contribution is 6.35. The number of hydrogen-bond acceptors (Lipinski definition) is 10. The molecule has 342 valence electrons. The first-order valence-electron chi connectivity index (χ1n) is 20.7. The number of amides is 4. The van der Waals surface area contributed by atoms with Crippen molar-refractivity contribution in [3.8, 4) is 0 Å². The molecule has 0 aliphatic carbocycles. The Morgan fingerprint density at radius 1 is 0.515 bits per heavy atom. The Kier molecular flexibility index (Phi) is 17.8. The molecule has 0 bridgehead atoms. The van der Waals surface area contributed by atoms with E-state index in [2.05, 4.69) is 41.7 Å². The Balaban J connectivity index is 1.29. The normalized spacial score (nSPS) is 13.1. The second-order valence-corrected chi connectivity index (χ2v) is 17.1. The van der Waals surface area contributed by atoms with Crippen LogP contribution in [0.25, 0.3) is 0 Å². The van der Waals surface area contributed by atoms with Crippen LogP contribution in [0.4, 0.5) is 34.1 Å². The Labute approximate surface area is 402 Å². The molecule has 0 heterocycles. The maximum Gasteiger partial charge on any atom is 0.258 e. The van der Waals surface area contributed by atoms with Gasteiger partial charge in [-0.1, -0.05) is 61.3 Å². The Hall–Kier alpha value is -6.32. The van der Waals surface area contributed by atoms with Gasteiger partial charge in [0.2, 0.25) is 12.1 Å². The molecule has 0 saturated heterocycles. The van der Waals surface area contributed by atoms with E-state index in [1.165, 1.54) is 50.2 Å². The van der Waals surface area contributed by atoms with Crippen molar-refractivity contribution in [3.63, 3.8) is 0 Å². The summed E-state index contributed by atoms with van der Waals surface area (Å²) in [6.07, 6.45) is 0.779. The summed E-state index contributed by atoms with van der Waals surface area (Å²) in [5.74, 6) is -3.75. The minimum atomic E-state index is -1.56. The zero-order valence-electron chi connectivity index (χ0n) is 36.7. The summed E-state index contributed by atoms with van der Waals surface area (Å²) in [4.78, 5) is 78.9. The van der Waals surface area contributed by atoms with E-state index in [0.717, 1.165) is 11.1 Å². The monoisotopic (exact) mass is 970 g/mol. The van der Waals surface area contributed by atoms with Gasteiger partial charge in [-0.25, -0.2) is 0 Å². The van der Waals surface area contributed by atoms with E-state index in [0.29, 0.717) is 46.7 Å². The lowest BCUT2D eigenvalue weighted by molar-refractivity contribution is -0.127. The number of rotatable bonds is 18. The molecule has 0 saturated carbocycles. The van der Waals surface area contributed by atoms with Crippen molar-refractivity contribution in [3.05, 3.63) is 140 Å². The van der Waals surface area contributed by atoms with Crippen LogP contribution in [0, 0.1) is 0 Å². The third-order valence-electron chi connectivity index (χ3n) is 10.1. The van der Waals surface area contributed by atoms with Crippen LogP contribution in [0.1, 0.15) is 95.3 Å². The number of azo groups is 2. The molecule has 0 fully saturated rings. The maximum absolute atomic E-state index is 13.6. The van der Waals surface area contributed by atoms with E-state index in [4.69, 9.17) is 46.4 Å². The number of carbonyl (C=O) groups excluding carboxylic acids is 6. The quantitative estimate of drug-likeness (QED) is 0.0382. The van der Waals surface area contributed by atoms with E-state index >= 15 is 0 Å². The number of hydrogen-bond donors (Lipinski definition) is 4. The summed E-state index contributed by atoms with van der Waals surface area (Å²) in [6, 6.07) is 22.9. The molecule has 4 N–H and O–H groups in total. The lowest BCUT2D eigenvalue weighted by Gasteiger charge is -2.18. The molecule has 0 spiro atoms. The van der Waals surface area contributed by atoms with Crippen molar-refractivity contribution < 1.29 is 28.8 Å². The molecule has 66 heavy (non-hydrogen) atoms. The van der Waals surface area contributed by atoms with Crippen LogP contribution in [0.2, 0.25) is 10.0 Å². The van der Waals surface area contributed by atoms with E-state index in [1.807, 2.05) is 27.7 Å². The number of anilines is 4. The van der Waals surface area contributed by atoms with Gasteiger partial charge in [-0.3, -0.25) is 28.8 Å². The van der Waals surface area contributed by atoms with Crippen LogP contribution in [0.15, 0.2) is 118 Å². The van der Waals surface area contributed by atoms with Gasteiger partial charge in [0, 0.05) is 22.7 Å². The van der Waals surface area contributed by atoms with Gasteiger partial charge < -0.3 is 21.3 Å². The fourth-order valence-electron chi connectivity index (χ4n) is 6.35. The summed E-state index contributed by atoms with van der Waals surface area (Å²) in [6.45, 7) is 9.74. The predicted octanol–water partition coefficient (Wildman–Crippen LogP) is 12.6. The molecule has 5 aromatic carbocycles. The number of nitrogens with zero attached hydrogens (tertiary/aromatic N) is 4. The lowest BCUT2D eigenvalue weighted by atomic mass is 10.0. The van der Waals surface area contributed by atoms with Crippen molar-refractivity contribution in [1.82, 2.24) is 0 Å². The van der Waals surface area contributed by atoms with Crippen LogP contribution < -0.4 is 21.3 Å². The SMILES string of the molecule is CCc1cc(NC(=O)C(N=Nc2ccc(Cl)c(C(=O)Nc3ccc(C(C)Cl)cc3)c2)C(C)=O)c(CC)cc1NC(=O)C(N=Nc1ccc(Cl)c(C(=O)Nc2ccc(C(C)Cl)cc2)c1)C(C)=O. The van der Waals surface area contributed by atoms with Crippen molar-refractivity contribution in [2.24, 2.45) is 20.5 Å². The average molecular weight is 973 g/mol. The smallest absolute Gasteiger partial charge is 0.258 e. The topological polar surface area (TPSA) is 200 Å². The van der Waals surface area contributed by atoms with Gasteiger partial charge in [0.05, 0.1) is 43.3 Å². The average Bonchev–Trinajstić information content (AvgIpc) is 3.27. The maximum atomic E-state index is 13.6. The van der Waals surface area contributed by atoms with Crippen LogP contribution in [0.3, 0.4) is 0 Å². The largest absolute Gasteiger partial charge is 0.323 e. The Bertz CT molecular complexity index is 2520. The minimum absolute atomic E-state index is 0.0919. The van der Waals surface area contributed by atoms with E-state index < -0.39 is 47.3 Å². The summed E-state index contributed by atoms with van der Waals surface area (Å²) < 4.78 is 0. The van der Waals surface area contributed by atoms with Crippen molar-refractivity contribution in [1.29, 1.82) is 0 Å². The molecule has 4 atom stereocenters. The number of aryl methyl sites for hydroxylation is 2. The molecule has 14 nitrogen and oxygen atoms in total. The van der Waals surface area contributed by atoms with E-state index in [9.17, 15) is 28.8 Å². The van der Waals surface area contributed by atoms with Crippen molar-refractivity contribution in [2.75, 3.05) is 21.3 Å². The molecule has 18 heteroatoms. The standard InChI is InChI=1S/C48H46Cl4N8O6/c1-7-29-21-42(56-48(66)44(28(6)62)60-58-36-18-20-40(52)38(24-36)46(64)54-34-15-11-32(12-16-34)26(4)50)30(8-2)22-41(29)55-47(65)43(27(5)61)59-57-35-17-19-39(51)37(23-35)45(63)53-33-13-9-31(10-14-33)25(3)49/h9-26,43-44H,7-8H2,1-6H3,(H,53,63)(H,54,64)(H,55,65)(H,56,66). The summed E-state index contributed by atoms with van der Waals surface area (Å²) >= 11 is 25.0. The Morgan fingerprint density at radius 2 is 0.864 bits per heavy atom. The number of benzene rings is 5. The minimum Gasteiger partial charge on any atom is -0.323 e. The van der Waals surface area contributed by atoms with Gasteiger partial charge in [0.25, 0.3) is 23.6 Å². The number of ketones is 2. The highest BCUT2D eigenvalue weighted by atomic mass is 35.5. The molecule has 0 aliphatic heterocycles. The third-order valence-corrected chi connectivity index (χ3v) is 11.3. The van der Waals surface area contributed by atoms with Gasteiger partial charge in [-0.2, -0.15) is 20.5 Å². The zero-order valence-corrected chi connectivity index (χ0v) is 39.7. The van der Waals surface area contributed by atoms with Crippen molar-refractivity contribution in [2.45, 2.75) is 77.2 Å². The highest BCUT2D eigenvalue weighted by Crippen LogP contribution is 2.30. The lowest BCUT2D eigenvalue weighted by Crippen LogP contribution is -2.33. The first-order chi connectivity index (χ1) is 31.4. The molecule has 0 aromatic heterocycles. The number of nitrogens with one attached hydrogen (secondary N) is 4. The van der Waals surface area contributed by atoms with Crippen LogP contribution in [0.5, 0.6) is 0 Å². The molecule has 4 unspecified atom stereocenters. The van der Waals surface area contributed by atoms with Crippen LogP contribution in [-0.2, 0) is 32.0 Å². The molecule has 5 rings (SSSR count). The van der Waals surface area contributed by atoms with Gasteiger partial charge >= 0.3 is 0 Å². The molecule has 0 aliphatic rings. The first-order valence-corrected chi connectivity index (χ1v) is 22.3. The summed E-state index contributed by atoms with van der Waals surface area (Å²) in [7, 11) is 0. The molecular formula is C48H46Cl4N8O6. The van der Waals surface area contributed by atoms with Crippen molar-refractivity contribution >= 4 is 116 Å². The van der Waals surface area contributed by atoms with Gasteiger partial charge in [0.15, 0.2) is 11.6 Å². The Morgan fingerprint density at radius 3 is 1.17 bits per heavy atom. The molecular weight excluding hydrogens is 926 g/mol. The van der Waals surface area contributed by atoms with Gasteiger partial charge in [-0.15, -0.1) is 23.2 Å². The van der Waals surface area contributed by atoms with Crippen LogP contribution in [-0.4, -0.2) is 47.3 Å². The molecule has 4 amide bonds. The second-order valence-electron chi connectivity index (χ2n) is 15.0. The van der Waals surface area contributed by atoms with E-state index in [-0.39, 0.29) is 43.3 Å². The molecule has 0 radical (unpaired) electrons. The van der Waals surface area contributed by atoms with Gasteiger partial charge in [-0.05, 0) is 136 Å². The third kappa shape index (κ3) is 13.4. The first kappa shape index (κ1) is 50.7. The molecule has 5 aromatic rings. The fraction of sp³-hybridized carbons (Fsp3) is 0.250. The van der Waals surface area contributed by atoms with Crippen LogP contribution >= 0.6 is 46.4 Å². The number of Topliss-reactive ketones (excluding diaryl/α,β-unsaturated/α-hetero) is 2. The number of halogens is 4. The highest BCUT2D eigenvalue weighted by Gasteiger charge is 2.27. The zero-order chi connectivity index (χ0) is 48.2. The summed E-state index contributed by atoms with van der Waals surface area (Å²) in [5, 5.41) is 27.3. The predicted molar refractivity (Wildman–Crippen MR) is 261 cm³/mol.